The summed E-state index contributed by atoms with van der Waals surface area (Å²) in [5.41, 5.74) is 3.78. The molecule has 26 heavy (non-hydrogen) atoms. The molecule has 0 amide bonds. The molecule has 0 spiro atoms. The molecule has 0 radical (unpaired) electrons. The molecule has 3 rings (SSSR count). The summed E-state index contributed by atoms with van der Waals surface area (Å²) in [6.45, 7) is 3.48. The SMILES string of the molecule is COc1ccc2nc([S@@](=O)Cc3ncc(C)c(OC)c3C)n(CO)c2c1. The molecule has 138 valence electrons. The van der Waals surface area contributed by atoms with Crippen LogP contribution < -0.4 is 9.47 Å². The van der Waals surface area contributed by atoms with Crippen LogP contribution in [0, 0.1) is 13.8 Å². The van der Waals surface area contributed by atoms with Crippen molar-refractivity contribution >= 4 is 21.8 Å². The molecular formula is C18H21N3O4S. The lowest BCUT2D eigenvalue weighted by Gasteiger charge is -2.12. The maximum absolute atomic E-state index is 13.0. The highest BCUT2D eigenvalue weighted by Crippen LogP contribution is 2.27. The van der Waals surface area contributed by atoms with Crippen LogP contribution in [0.1, 0.15) is 16.8 Å². The Balaban J connectivity index is 2.01. The van der Waals surface area contributed by atoms with Crippen LogP contribution in [0.15, 0.2) is 29.6 Å². The smallest absolute Gasteiger partial charge is 0.202 e. The van der Waals surface area contributed by atoms with Crippen LogP contribution in [-0.2, 0) is 23.3 Å². The highest BCUT2D eigenvalue weighted by Gasteiger charge is 2.19. The van der Waals surface area contributed by atoms with E-state index in [1.807, 2.05) is 13.8 Å². The molecule has 1 atom stereocenters. The fourth-order valence-corrected chi connectivity index (χ4v) is 4.19. The molecule has 0 unspecified atom stereocenters. The van der Waals surface area contributed by atoms with Crippen LogP contribution in [0.5, 0.6) is 11.5 Å². The summed E-state index contributed by atoms with van der Waals surface area (Å²) in [5, 5.41) is 10.1. The number of fused-ring (bicyclic) bond motifs is 1. The van der Waals surface area contributed by atoms with Gasteiger partial charge in [0.2, 0.25) is 5.16 Å². The van der Waals surface area contributed by atoms with Crippen LogP contribution in [0.25, 0.3) is 11.0 Å². The Morgan fingerprint density at radius 1 is 1.23 bits per heavy atom. The van der Waals surface area contributed by atoms with E-state index in [2.05, 4.69) is 9.97 Å². The number of aliphatic hydroxyl groups is 1. The minimum Gasteiger partial charge on any atom is -0.497 e. The van der Waals surface area contributed by atoms with Crippen molar-refractivity contribution in [3.05, 3.63) is 41.2 Å². The topological polar surface area (TPSA) is 86.5 Å². The zero-order valence-electron chi connectivity index (χ0n) is 15.1. The molecule has 2 heterocycles. The van der Waals surface area contributed by atoms with Gasteiger partial charge in [-0.3, -0.25) is 13.8 Å². The molecule has 7 nitrogen and oxygen atoms in total. The standard InChI is InChI=1S/C18H21N3O4S/c1-11-8-19-15(12(2)17(11)25-4)9-26(23)18-20-14-6-5-13(24-3)7-16(14)21(18)10-22/h5-8,22H,9-10H2,1-4H3/t26-/m0/s1. The van der Waals surface area contributed by atoms with Gasteiger partial charge in [-0.05, 0) is 26.0 Å². The number of imidazole rings is 1. The monoisotopic (exact) mass is 375 g/mol. The third-order valence-electron chi connectivity index (χ3n) is 4.28. The van der Waals surface area contributed by atoms with Gasteiger partial charge < -0.3 is 14.6 Å². The van der Waals surface area contributed by atoms with Gasteiger partial charge in [-0.2, -0.15) is 0 Å². The Morgan fingerprint density at radius 2 is 2.00 bits per heavy atom. The molecule has 0 fully saturated rings. The molecule has 0 bridgehead atoms. The van der Waals surface area contributed by atoms with E-state index < -0.39 is 10.8 Å². The van der Waals surface area contributed by atoms with Gasteiger partial charge in [0.15, 0.2) is 0 Å². The van der Waals surface area contributed by atoms with Crippen molar-refractivity contribution in [2.24, 2.45) is 0 Å². The summed E-state index contributed by atoms with van der Waals surface area (Å²) < 4.78 is 25.1. The number of aromatic nitrogens is 3. The average Bonchev–Trinajstić information content (AvgIpc) is 3.02. The fraction of sp³-hybridized carbons (Fsp3) is 0.333. The quantitative estimate of drug-likeness (QED) is 0.712. The van der Waals surface area contributed by atoms with Crippen molar-refractivity contribution in [1.29, 1.82) is 0 Å². The number of aliphatic hydroxyl groups excluding tert-OH is 1. The predicted octanol–water partition coefficient (Wildman–Crippen LogP) is 2.32. The first-order valence-corrected chi connectivity index (χ1v) is 9.34. The van der Waals surface area contributed by atoms with Crippen molar-refractivity contribution in [3.8, 4) is 11.5 Å². The van der Waals surface area contributed by atoms with E-state index in [0.29, 0.717) is 27.6 Å². The number of rotatable bonds is 6. The normalized spacial score (nSPS) is 12.3. The molecule has 0 aliphatic heterocycles. The molecule has 1 aromatic carbocycles. The van der Waals surface area contributed by atoms with Gasteiger partial charge in [0, 0.05) is 23.4 Å². The van der Waals surface area contributed by atoms with Gasteiger partial charge in [-0.15, -0.1) is 0 Å². The molecule has 0 aliphatic rings. The number of aryl methyl sites for hydroxylation is 1. The first kappa shape index (κ1) is 18.3. The minimum absolute atomic E-state index is 0.183. The summed E-state index contributed by atoms with van der Waals surface area (Å²) in [5.74, 6) is 1.57. The summed E-state index contributed by atoms with van der Waals surface area (Å²) in [4.78, 5) is 8.83. The fourth-order valence-electron chi connectivity index (χ4n) is 2.92. The Hall–Kier alpha value is -2.45. The van der Waals surface area contributed by atoms with E-state index in [9.17, 15) is 9.32 Å². The van der Waals surface area contributed by atoms with Crippen molar-refractivity contribution in [3.63, 3.8) is 0 Å². The van der Waals surface area contributed by atoms with Crippen LogP contribution in [0.2, 0.25) is 0 Å². The third kappa shape index (κ3) is 3.17. The van der Waals surface area contributed by atoms with Crippen LogP contribution in [0.4, 0.5) is 0 Å². The largest absolute Gasteiger partial charge is 0.497 e. The first-order chi connectivity index (χ1) is 12.5. The number of benzene rings is 1. The molecule has 0 saturated carbocycles. The molecule has 0 aliphatic carbocycles. The maximum Gasteiger partial charge on any atom is 0.202 e. The maximum atomic E-state index is 13.0. The van der Waals surface area contributed by atoms with Gasteiger partial charge in [-0.1, -0.05) is 0 Å². The summed E-state index contributed by atoms with van der Waals surface area (Å²) in [7, 11) is 1.69. The van der Waals surface area contributed by atoms with E-state index in [4.69, 9.17) is 9.47 Å². The minimum atomic E-state index is -1.48. The highest BCUT2D eigenvalue weighted by molar-refractivity contribution is 7.84. The Bertz CT molecular complexity index is 984. The molecule has 0 saturated heterocycles. The summed E-state index contributed by atoms with van der Waals surface area (Å²) in [6.07, 6.45) is 1.71. The molecule has 2 aromatic heterocycles. The Labute approximate surface area is 154 Å². The van der Waals surface area contributed by atoms with Gasteiger partial charge in [0.25, 0.3) is 0 Å². The second-order valence-electron chi connectivity index (χ2n) is 5.85. The second-order valence-corrected chi connectivity index (χ2v) is 7.20. The Morgan fingerprint density at radius 3 is 2.65 bits per heavy atom. The lowest BCUT2D eigenvalue weighted by molar-refractivity contribution is 0.204. The van der Waals surface area contributed by atoms with E-state index in [0.717, 1.165) is 16.9 Å². The molecule has 1 N–H and O–H groups in total. The van der Waals surface area contributed by atoms with Crippen LogP contribution in [0.3, 0.4) is 0 Å². The molecule has 8 heteroatoms. The summed E-state index contributed by atoms with van der Waals surface area (Å²) in [6, 6.07) is 5.32. The number of ether oxygens (including phenoxy) is 2. The van der Waals surface area contributed by atoms with E-state index in [1.54, 1.807) is 38.6 Å². The van der Waals surface area contributed by atoms with E-state index in [1.165, 1.54) is 4.57 Å². The predicted molar refractivity (Wildman–Crippen MR) is 98.9 cm³/mol. The highest BCUT2D eigenvalue weighted by atomic mass is 32.2. The Kier molecular flexibility index (Phi) is 5.24. The van der Waals surface area contributed by atoms with Gasteiger partial charge in [-0.25, -0.2) is 4.98 Å². The zero-order chi connectivity index (χ0) is 18.8. The lowest BCUT2D eigenvalue weighted by atomic mass is 10.1. The van der Waals surface area contributed by atoms with Crippen molar-refractivity contribution in [2.45, 2.75) is 31.5 Å². The first-order valence-electron chi connectivity index (χ1n) is 8.02. The average molecular weight is 375 g/mol. The van der Waals surface area contributed by atoms with Crippen LogP contribution >= 0.6 is 0 Å². The van der Waals surface area contributed by atoms with E-state index >= 15 is 0 Å². The van der Waals surface area contributed by atoms with Crippen molar-refractivity contribution in [1.82, 2.24) is 14.5 Å². The van der Waals surface area contributed by atoms with E-state index in [-0.39, 0.29) is 12.5 Å². The van der Waals surface area contributed by atoms with Crippen molar-refractivity contribution < 1.29 is 18.8 Å². The lowest BCUT2D eigenvalue weighted by Crippen LogP contribution is -2.09. The number of hydrogen-bond donors (Lipinski definition) is 1. The van der Waals surface area contributed by atoms with Crippen molar-refractivity contribution in [2.75, 3.05) is 14.2 Å². The van der Waals surface area contributed by atoms with Gasteiger partial charge in [0.1, 0.15) is 18.2 Å². The zero-order valence-corrected chi connectivity index (χ0v) is 16.0. The molecule has 3 aromatic rings. The number of hydrogen-bond acceptors (Lipinski definition) is 6. The second kappa shape index (κ2) is 7.43. The number of nitrogens with zero attached hydrogens (tertiary/aromatic N) is 3. The van der Waals surface area contributed by atoms with Gasteiger partial charge in [0.05, 0.1) is 47.5 Å². The molecular weight excluding hydrogens is 354 g/mol. The van der Waals surface area contributed by atoms with Gasteiger partial charge >= 0.3 is 0 Å². The van der Waals surface area contributed by atoms with Crippen LogP contribution in [-0.4, -0.2) is 38.1 Å². The third-order valence-corrected chi connectivity index (χ3v) is 5.54. The summed E-state index contributed by atoms with van der Waals surface area (Å²) >= 11 is 0. The number of methoxy groups -OCH3 is 2. The number of pyridine rings is 1.